The van der Waals surface area contributed by atoms with E-state index in [4.69, 9.17) is 0 Å². The molecule has 1 unspecified atom stereocenters. The van der Waals surface area contributed by atoms with Crippen molar-refractivity contribution in [3.8, 4) is 0 Å². The Morgan fingerprint density at radius 1 is 1.38 bits per heavy atom. The molecular weight excluding hydrogens is 297 g/mol. The summed E-state index contributed by atoms with van der Waals surface area (Å²) in [6, 6.07) is 5.75. The van der Waals surface area contributed by atoms with Crippen molar-refractivity contribution >= 4 is 16.9 Å². The molecule has 1 atom stereocenters. The van der Waals surface area contributed by atoms with Crippen molar-refractivity contribution in [2.24, 2.45) is 10.9 Å². The maximum absolute atomic E-state index is 12.6. The van der Waals surface area contributed by atoms with E-state index in [1.165, 1.54) is 6.07 Å². The molecule has 1 aromatic rings. The van der Waals surface area contributed by atoms with Gasteiger partial charge in [0.1, 0.15) is 0 Å². The van der Waals surface area contributed by atoms with Gasteiger partial charge in [0.25, 0.3) is 0 Å². The fourth-order valence-electron chi connectivity index (χ4n) is 2.23. The fraction of sp³-hybridized carbons (Fsp3) is 0.533. The highest BCUT2D eigenvalue weighted by Gasteiger charge is 2.30. The number of thioether (sulfide) groups is 1. The molecule has 1 fully saturated rings. The Labute approximate surface area is 127 Å². The van der Waals surface area contributed by atoms with Crippen LogP contribution in [0, 0.1) is 5.92 Å². The van der Waals surface area contributed by atoms with Gasteiger partial charge in [0.05, 0.1) is 12.1 Å². The van der Waals surface area contributed by atoms with Gasteiger partial charge in [0, 0.05) is 11.8 Å². The number of halogens is 3. The number of alkyl halides is 3. The average molecular weight is 316 g/mol. The molecule has 0 saturated carbocycles. The summed E-state index contributed by atoms with van der Waals surface area (Å²) < 4.78 is 37.9. The highest BCUT2D eigenvalue weighted by molar-refractivity contribution is 8.14. The second kappa shape index (κ2) is 6.73. The van der Waals surface area contributed by atoms with Gasteiger partial charge >= 0.3 is 6.18 Å². The summed E-state index contributed by atoms with van der Waals surface area (Å²) in [6.07, 6.45) is -3.22. The first-order valence-corrected chi connectivity index (χ1v) is 7.93. The number of hydrogen-bond donors (Lipinski definition) is 1. The molecule has 2 nitrogen and oxygen atoms in total. The highest BCUT2D eigenvalue weighted by Crippen LogP contribution is 2.29. The molecule has 1 aliphatic rings. The lowest BCUT2D eigenvalue weighted by atomic mass is 10.1. The van der Waals surface area contributed by atoms with Crippen molar-refractivity contribution in [2.45, 2.75) is 39.0 Å². The molecule has 0 radical (unpaired) electrons. The Balaban J connectivity index is 1.96. The van der Waals surface area contributed by atoms with Crippen LogP contribution < -0.4 is 5.32 Å². The molecule has 0 amide bonds. The monoisotopic (exact) mass is 316 g/mol. The van der Waals surface area contributed by atoms with Gasteiger partial charge in [-0.3, -0.25) is 4.99 Å². The van der Waals surface area contributed by atoms with E-state index in [1.807, 2.05) is 0 Å². The molecule has 1 aromatic carbocycles. The van der Waals surface area contributed by atoms with Gasteiger partial charge in [-0.25, -0.2) is 0 Å². The van der Waals surface area contributed by atoms with Crippen LogP contribution in [0.4, 0.5) is 13.2 Å². The highest BCUT2D eigenvalue weighted by atomic mass is 32.2. The van der Waals surface area contributed by atoms with Gasteiger partial charge in [-0.1, -0.05) is 37.7 Å². The van der Waals surface area contributed by atoms with E-state index < -0.39 is 11.7 Å². The summed E-state index contributed by atoms with van der Waals surface area (Å²) in [5.74, 6) is 1.59. The lowest BCUT2D eigenvalue weighted by Crippen LogP contribution is -2.28. The van der Waals surface area contributed by atoms with Crippen molar-refractivity contribution in [1.29, 1.82) is 0 Å². The lowest BCUT2D eigenvalue weighted by Gasteiger charge is -2.12. The second-order valence-electron chi connectivity index (χ2n) is 5.60. The third-order valence-electron chi connectivity index (χ3n) is 3.16. The van der Waals surface area contributed by atoms with Crippen molar-refractivity contribution in [2.75, 3.05) is 5.75 Å². The molecular formula is C15H19F3N2S. The normalized spacial score (nSPS) is 21.0. The molecule has 1 N–H and O–H groups in total. The summed E-state index contributed by atoms with van der Waals surface area (Å²) in [5, 5.41) is 4.16. The number of nitrogens with one attached hydrogen (secondary N) is 1. The largest absolute Gasteiger partial charge is 0.416 e. The van der Waals surface area contributed by atoms with Crippen LogP contribution in [-0.2, 0) is 12.7 Å². The van der Waals surface area contributed by atoms with Crippen molar-refractivity contribution in [1.82, 2.24) is 5.32 Å². The summed E-state index contributed by atoms with van der Waals surface area (Å²) >= 11 is 1.64. The zero-order valence-electron chi connectivity index (χ0n) is 12.1. The van der Waals surface area contributed by atoms with Gasteiger partial charge in [-0.2, -0.15) is 13.2 Å². The number of benzene rings is 1. The summed E-state index contributed by atoms with van der Waals surface area (Å²) in [5.41, 5.74) is -0.0445. The van der Waals surface area contributed by atoms with Crippen LogP contribution in [0.2, 0.25) is 0 Å². The first-order chi connectivity index (χ1) is 9.84. The Morgan fingerprint density at radius 2 is 2.14 bits per heavy atom. The number of aliphatic imine (C=N–C) groups is 1. The smallest absolute Gasteiger partial charge is 0.361 e. The van der Waals surface area contributed by atoms with Crippen LogP contribution in [0.5, 0.6) is 0 Å². The maximum Gasteiger partial charge on any atom is 0.416 e. The van der Waals surface area contributed by atoms with Gasteiger partial charge in [-0.05, 0) is 30.0 Å². The predicted octanol–water partition coefficient (Wildman–Crippen LogP) is 4.31. The quantitative estimate of drug-likeness (QED) is 0.895. The minimum absolute atomic E-state index is 0.271. The topological polar surface area (TPSA) is 24.4 Å². The Morgan fingerprint density at radius 3 is 2.81 bits per heavy atom. The number of rotatable bonds is 4. The summed E-state index contributed by atoms with van der Waals surface area (Å²) in [7, 11) is 0. The molecule has 21 heavy (non-hydrogen) atoms. The van der Waals surface area contributed by atoms with E-state index in [0.717, 1.165) is 29.5 Å². The molecule has 0 bridgehead atoms. The SMILES string of the molecule is CC(C)CC1CSC(=NCc2cccc(C(F)(F)F)c2)N1. The van der Waals surface area contributed by atoms with E-state index in [2.05, 4.69) is 24.2 Å². The molecule has 0 aromatic heterocycles. The molecule has 1 aliphatic heterocycles. The van der Waals surface area contributed by atoms with Crippen LogP contribution in [0.25, 0.3) is 0 Å². The minimum atomic E-state index is -4.30. The van der Waals surface area contributed by atoms with Crippen molar-refractivity contribution in [3.05, 3.63) is 35.4 Å². The standard InChI is InChI=1S/C15H19F3N2S/c1-10(2)6-13-9-21-14(20-13)19-8-11-4-3-5-12(7-11)15(16,17)18/h3-5,7,10,13H,6,8-9H2,1-2H3,(H,19,20). The molecule has 2 rings (SSSR count). The molecule has 116 valence electrons. The minimum Gasteiger partial charge on any atom is -0.361 e. The fourth-order valence-corrected chi connectivity index (χ4v) is 3.22. The van der Waals surface area contributed by atoms with Gasteiger partial charge in [0.15, 0.2) is 5.17 Å². The third kappa shape index (κ3) is 4.95. The van der Waals surface area contributed by atoms with Gasteiger partial charge in [-0.15, -0.1) is 0 Å². The first-order valence-electron chi connectivity index (χ1n) is 6.94. The number of hydrogen-bond acceptors (Lipinski definition) is 2. The van der Waals surface area contributed by atoms with Crippen LogP contribution in [0.3, 0.4) is 0 Å². The van der Waals surface area contributed by atoms with E-state index in [0.29, 0.717) is 17.5 Å². The van der Waals surface area contributed by atoms with Gasteiger partial charge < -0.3 is 5.32 Å². The molecule has 1 heterocycles. The Kier molecular flexibility index (Phi) is 5.19. The van der Waals surface area contributed by atoms with Crippen LogP contribution in [0.1, 0.15) is 31.4 Å². The van der Waals surface area contributed by atoms with Crippen molar-refractivity contribution < 1.29 is 13.2 Å². The van der Waals surface area contributed by atoms with E-state index >= 15 is 0 Å². The maximum atomic E-state index is 12.6. The molecule has 0 aliphatic carbocycles. The number of amidine groups is 1. The van der Waals surface area contributed by atoms with Crippen LogP contribution >= 0.6 is 11.8 Å². The van der Waals surface area contributed by atoms with Gasteiger partial charge in [0.2, 0.25) is 0 Å². The average Bonchev–Trinajstić information content (AvgIpc) is 2.82. The van der Waals surface area contributed by atoms with Crippen molar-refractivity contribution in [3.63, 3.8) is 0 Å². The Bertz CT molecular complexity index is 512. The number of nitrogens with zero attached hydrogens (tertiary/aromatic N) is 1. The zero-order valence-corrected chi connectivity index (χ0v) is 12.9. The molecule has 1 saturated heterocycles. The van der Waals surface area contributed by atoms with Crippen LogP contribution in [-0.4, -0.2) is 17.0 Å². The van der Waals surface area contributed by atoms with Crippen LogP contribution in [0.15, 0.2) is 29.3 Å². The third-order valence-corrected chi connectivity index (χ3v) is 4.25. The molecule has 6 heteroatoms. The second-order valence-corrected chi connectivity index (χ2v) is 6.61. The summed E-state index contributed by atoms with van der Waals surface area (Å²) in [6.45, 7) is 4.61. The Hall–Kier alpha value is -1.17. The zero-order chi connectivity index (χ0) is 15.5. The molecule has 0 spiro atoms. The summed E-state index contributed by atoms with van der Waals surface area (Å²) in [4.78, 5) is 4.38. The van der Waals surface area contributed by atoms with E-state index in [-0.39, 0.29) is 6.54 Å². The lowest BCUT2D eigenvalue weighted by molar-refractivity contribution is -0.137. The predicted molar refractivity (Wildman–Crippen MR) is 81.4 cm³/mol. The van der Waals surface area contributed by atoms with E-state index in [9.17, 15) is 13.2 Å². The first kappa shape index (κ1) is 16.2. The van der Waals surface area contributed by atoms with E-state index in [1.54, 1.807) is 17.8 Å².